The first-order chi connectivity index (χ1) is 9.86. The maximum atomic E-state index is 11.3. The fourth-order valence-corrected chi connectivity index (χ4v) is 4.56. The van der Waals surface area contributed by atoms with Crippen molar-refractivity contribution in [1.82, 2.24) is 0 Å². The number of benzene rings is 1. The summed E-state index contributed by atoms with van der Waals surface area (Å²) in [6.07, 6.45) is 5.40. The van der Waals surface area contributed by atoms with Gasteiger partial charge in [-0.1, -0.05) is 46.9 Å². The minimum Gasteiger partial charge on any atom is -0.385 e. The lowest BCUT2D eigenvalue weighted by Crippen LogP contribution is -2.50. The van der Waals surface area contributed by atoms with Crippen LogP contribution in [-0.4, -0.2) is 11.7 Å². The molecule has 1 aliphatic carbocycles. The molecule has 2 rings (SSSR count). The lowest BCUT2D eigenvalue weighted by molar-refractivity contribution is -0.0980. The molecule has 2 nitrogen and oxygen atoms in total. The number of aliphatic hydroxyl groups is 1. The summed E-state index contributed by atoms with van der Waals surface area (Å²) in [5.41, 5.74) is 5.62. The van der Waals surface area contributed by atoms with Gasteiger partial charge in [0.1, 0.15) is 0 Å². The Morgan fingerprint density at radius 2 is 2.05 bits per heavy atom. The van der Waals surface area contributed by atoms with Gasteiger partial charge in [-0.25, -0.2) is 0 Å². The van der Waals surface area contributed by atoms with Crippen LogP contribution in [0.4, 0.5) is 0 Å². The third-order valence-corrected chi connectivity index (χ3v) is 6.32. The van der Waals surface area contributed by atoms with E-state index in [0.29, 0.717) is 11.6 Å². The monoisotopic (exact) mass is 373 g/mol. The molecule has 0 aliphatic heterocycles. The molecule has 1 aliphatic rings. The lowest BCUT2D eigenvalue weighted by Gasteiger charge is -2.49. The van der Waals surface area contributed by atoms with Crippen molar-refractivity contribution < 1.29 is 5.11 Å². The topological polar surface area (TPSA) is 46.2 Å². The van der Waals surface area contributed by atoms with Crippen LogP contribution in [0, 0.1) is 11.3 Å². The lowest BCUT2D eigenvalue weighted by atomic mass is 9.59. The molecule has 0 bridgehead atoms. The summed E-state index contributed by atoms with van der Waals surface area (Å²) in [5.74, 6) is 0.765. The van der Waals surface area contributed by atoms with Crippen LogP contribution < -0.4 is 5.73 Å². The number of rotatable bonds is 4. The molecular weight excluding hydrogens is 350 g/mol. The molecule has 0 aromatic heterocycles. The fourth-order valence-electron chi connectivity index (χ4n) is 3.70. The Kier molecular flexibility index (Phi) is 5.40. The molecule has 0 amide bonds. The number of hydrogen-bond acceptors (Lipinski definition) is 2. The summed E-state index contributed by atoms with van der Waals surface area (Å²) in [4.78, 5) is 0. The Morgan fingerprint density at radius 1 is 1.43 bits per heavy atom. The van der Waals surface area contributed by atoms with Crippen LogP contribution in [0.3, 0.4) is 0 Å². The van der Waals surface area contributed by atoms with Gasteiger partial charge < -0.3 is 10.8 Å². The van der Waals surface area contributed by atoms with E-state index in [1.54, 1.807) is 0 Å². The molecule has 0 saturated heterocycles. The molecule has 1 aromatic rings. The van der Waals surface area contributed by atoms with Crippen LogP contribution in [0.2, 0.25) is 5.02 Å². The van der Waals surface area contributed by atoms with Crippen molar-refractivity contribution in [2.45, 2.75) is 51.6 Å². The quantitative estimate of drug-likeness (QED) is 0.791. The molecule has 4 heteroatoms. The van der Waals surface area contributed by atoms with Crippen LogP contribution in [0.15, 0.2) is 22.7 Å². The first-order valence-corrected chi connectivity index (χ1v) is 8.91. The molecule has 3 N–H and O–H groups in total. The van der Waals surface area contributed by atoms with Gasteiger partial charge in [0.25, 0.3) is 0 Å². The molecule has 0 heterocycles. The van der Waals surface area contributed by atoms with Crippen molar-refractivity contribution in [1.29, 1.82) is 0 Å². The van der Waals surface area contributed by atoms with E-state index in [1.807, 2.05) is 25.1 Å². The minimum absolute atomic E-state index is 0.282. The number of nitrogens with two attached hydrogens (primary N) is 1. The van der Waals surface area contributed by atoms with Gasteiger partial charge in [0.05, 0.1) is 5.60 Å². The van der Waals surface area contributed by atoms with E-state index in [2.05, 4.69) is 22.9 Å². The smallest absolute Gasteiger partial charge is 0.0950 e. The maximum absolute atomic E-state index is 11.3. The van der Waals surface area contributed by atoms with Crippen LogP contribution in [-0.2, 0) is 5.60 Å². The molecule has 1 atom stereocenters. The summed E-state index contributed by atoms with van der Waals surface area (Å²) < 4.78 is 0.920. The largest absolute Gasteiger partial charge is 0.385 e. The molecule has 118 valence electrons. The van der Waals surface area contributed by atoms with E-state index in [9.17, 15) is 5.11 Å². The highest BCUT2D eigenvalue weighted by Crippen LogP contribution is 2.52. The average Bonchev–Trinajstić information content (AvgIpc) is 2.46. The highest BCUT2D eigenvalue weighted by atomic mass is 79.9. The Hall–Kier alpha value is -0.0900. The van der Waals surface area contributed by atoms with E-state index < -0.39 is 5.60 Å². The van der Waals surface area contributed by atoms with Crippen molar-refractivity contribution in [2.75, 3.05) is 6.54 Å². The van der Waals surface area contributed by atoms with E-state index in [0.717, 1.165) is 41.6 Å². The predicted molar refractivity (Wildman–Crippen MR) is 92.5 cm³/mol. The Bertz CT molecular complexity index is 496. The van der Waals surface area contributed by atoms with Crippen molar-refractivity contribution in [3.63, 3.8) is 0 Å². The van der Waals surface area contributed by atoms with Crippen molar-refractivity contribution >= 4 is 27.5 Å². The van der Waals surface area contributed by atoms with Crippen LogP contribution in [0.5, 0.6) is 0 Å². The molecule has 0 radical (unpaired) electrons. The first kappa shape index (κ1) is 17.3. The fraction of sp³-hybridized carbons (Fsp3) is 0.647. The van der Waals surface area contributed by atoms with Crippen LogP contribution >= 0.6 is 27.5 Å². The Balaban J connectivity index is 2.35. The van der Waals surface area contributed by atoms with Gasteiger partial charge in [-0.3, -0.25) is 0 Å². The summed E-state index contributed by atoms with van der Waals surface area (Å²) >= 11 is 9.79. The SMILES string of the molecule is CCC1CCC(CN)(C(C)(O)c2ccc(Br)cc2Cl)CC1. The molecule has 0 spiro atoms. The average molecular weight is 375 g/mol. The minimum atomic E-state index is -1.00. The third-order valence-electron chi connectivity index (χ3n) is 5.52. The molecular formula is C17H25BrClNO. The van der Waals surface area contributed by atoms with E-state index in [-0.39, 0.29) is 5.41 Å². The molecule has 21 heavy (non-hydrogen) atoms. The van der Waals surface area contributed by atoms with Crippen molar-refractivity contribution in [3.05, 3.63) is 33.3 Å². The third kappa shape index (κ3) is 3.17. The molecule has 1 fully saturated rings. The summed E-state index contributed by atoms with van der Waals surface area (Å²) in [6.45, 7) is 4.61. The van der Waals surface area contributed by atoms with Gasteiger partial charge in [0.15, 0.2) is 0 Å². The highest BCUT2D eigenvalue weighted by molar-refractivity contribution is 9.10. The van der Waals surface area contributed by atoms with Gasteiger partial charge in [-0.05, 0) is 50.7 Å². The first-order valence-electron chi connectivity index (χ1n) is 7.74. The normalized spacial score (nSPS) is 29.1. The van der Waals surface area contributed by atoms with Gasteiger partial charge in [0.2, 0.25) is 0 Å². The zero-order valence-corrected chi connectivity index (χ0v) is 15.2. The second-order valence-corrected chi connectivity index (χ2v) is 7.86. The maximum Gasteiger partial charge on any atom is 0.0950 e. The molecule has 1 aromatic carbocycles. The molecule has 1 unspecified atom stereocenters. The van der Waals surface area contributed by atoms with Crippen molar-refractivity contribution in [3.8, 4) is 0 Å². The number of hydrogen-bond donors (Lipinski definition) is 2. The van der Waals surface area contributed by atoms with E-state index in [4.69, 9.17) is 17.3 Å². The highest BCUT2D eigenvalue weighted by Gasteiger charge is 2.49. The zero-order chi connectivity index (χ0) is 15.7. The van der Waals surface area contributed by atoms with Gasteiger partial charge >= 0.3 is 0 Å². The second kappa shape index (κ2) is 6.57. The van der Waals surface area contributed by atoms with Crippen LogP contribution in [0.1, 0.15) is 51.5 Å². The van der Waals surface area contributed by atoms with Crippen molar-refractivity contribution in [2.24, 2.45) is 17.1 Å². The summed E-state index contributed by atoms with van der Waals surface area (Å²) in [6, 6.07) is 5.68. The Morgan fingerprint density at radius 3 is 2.52 bits per heavy atom. The van der Waals surface area contributed by atoms with Gasteiger partial charge in [-0.15, -0.1) is 0 Å². The summed E-state index contributed by atoms with van der Waals surface area (Å²) in [7, 11) is 0. The van der Waals surface area contributed by atoms with E-state index in [1.165, 1.54) is 6.42 Å². The van der Waals surface area contributed by atoms with Gasteiger partial charge in [0, 0.05) is 27.0 Å². The number of halogens is 2. The Labute approximate surface area is 141 Å². The van der Waals surface area contributed by atoms with Gasteiger partial charge in [-0.2, -0.15) is 0 Å². The predicted octanol–water partition coefficient (Wildman–Crippen LogP) is 4.86. The molecule has 1 saturated carbocycles. The second-order valence-electron chi connectivity index (χ2n) is 6.53. The zero-order valence-electron chi connectivity index (χ0n) is 12.8. The van der Waals surface area contributed by atoms with E-state index >= 15 is 0 Å². The summed E-state index contributed by atoms with van der Waals surface area (Å²) in [5, 5.41) is 11.9. The van der Waals surface area contributed by atoms with Crippen LogP contribution in [0.25, 0.3) is 0 Å². The standard InChI is InChI=1S/C17H25BrClNO/c1-3-12-6-8-17(11-20,9-7-12)16(2,21)14-5-4-13(18)10-15(14)19/h4-5,10,12,21H,3,6-9,11,20H2,1-2H3.